The van der Waals surface area contributed by atoms with Gasteiger partial charge >= 0.3 is 0 Å². The Kier molecular flexibility index (Phi) is 5.43. The van der Waals surface area contributed by atoms with Gasteiger partial charge in [0.05, 0.1) is 49.2 Å². The average Bonchev–Trinajstić information content (AvgIpc) is 3.11. The van der Waals surface area contributed by atoms with Crippen LogP contribution in [0.1, 0.15) is 18.7 Å². The molecule has 0 radical (unpaired) electrons. The van der Waals surface area contributed by atoms with Crippen molar-refractivity contribution in [2.24, 2.45) is 0 Å². The van der Waals surface area contributed by atoms with E-state index in [4.69, 9.17) is 16.0 Å². The number of para-hydroxylation sites is 1. The van der Waals surface area contributed by atoms with E-state index in [0.29, 0.717) is 6.54 Å². The number of halogens is 1. The molecule has 2 N–H and O–H groups in total. The fourth-order valence-corrected chi connectivity index (χ4v) is 3.33. The minimum atomic E-state index is -0.101. The van der Waals surface area contributed by atoms with Crippen LogP contribution in [0.25, 0.3) is 0 Å². The normalized spacial score (nSPS) is 16.8. The molecule has 0 unspecified atom stereocenters. The third kappa shape index (κ3) is 4.10. The van der Waals surface area contributed by atoms with Crippen LogP contribution >= 0.6 is 11.6 Å². The van der Waals surface area contributed by atoms with Crippen molar-refractivity contribution in [1.82, 2.24) is 5.32 Å². The highest BCUT2D eigenvalue weighted by molar-refractivity contribution is 6.33. The summed E-state index contributed by atoms with van der Waals surface area (Å²) >= 11 is 6.26. The standard InChI is InChI=1S/C18H22ClN3O2/c1-14(17-7-4-12-24-17)20-18(23)13-21-8-10-22(11-9-21)16-6-3-2-5-15(16)19/h2-7,12,14H,8-11,13H2,1H3,(H,20,23)/p+1/t14-/m0/s1. The van der Waals surface area contributed by atoms with Gasteiger partial charge in [0, 0.05) is 0 Å². The summed E-state index contributed by atoms with van der Waals surface area (Å²) in [6.07, 6.45) is 1.62. The number of quaternary nitrogens is 1. The number of piperazine rings is 1. The summed E-state index contributed by atoms with van der Waals surface area (Å²) in [5.41, 5.74) is 1.08. The van der Waals surface area contributed by atoms with E-state index in [2.05, 4.69) is 10.2 Å². The number of carbonyl (C=O) groups excluding carboxylic acids is 1. The second-order valence-corrected chi connectivity index (χ2v) is 6.58. The molecular formula is C18H23ClN3O2+. The van der Waals surface area contributed by atoms with Crippen LogP contribution in [0.15, 0.2) is 47.1 Å². The molecule has 6 heteroatoms. The molecule has 5 nitrogen and oxygen atoms in total. The molecule has 1 aromatic carbocycles. The molecule has 1 saturated heterocycles. The summed E-state index contributed by atoms with van der Waals surface area (Å²) in [6, 6.07) is 11.5. The lowest BCUT2D eigenvalue weighted by Crippen LogP contribution is -3.16. The summed E-state index contributed by atoms with van der Waals surface area (Å²) in [7, 11) is 0. The monoisotopic (exact) mass is 348 g/mol. The van der Waals surface area contributed by atoms with Crippen LogP contribution in [0.2, 0.25) is 5.02 Å². The van der Waals surface area contributed by atoms with E-state index in [0.717, 1.165) is 42.6 Å². The number of rotatable bonds is 5. The molecule has 0 aliphatic carbocycles. The zero-order valence-electron chi connectivity index (χ0n) is 13.8. The largest absolute Gasteiger partial charge is 0.467 e. The maximum absolute atomic E-state index is 12.2. The number of amides is 1. The molecular weight excluding hydrogens is 326 g/mol. The van der Waals surface area contributed by atoms with Crippen molar-refractivity contribution in [2.75, 3.05) is 37.6 Å². The molecule has 2 heterocycles. The van der Waals surface area contributed by atoms with Crippen molar-refractivity contribution < 1.29 is 14.1 Å². The Bertz CT molecular complexity index is 667. The van der Waals surface area contributed by atoms with Crippen molar-refractivity contribution in [2.45, 2.75) is 13.0 Å². The lowest BCUT2D eigenvalue weighted by Gasteiger charge is -2.33. The number of nitrogens with one attached hydrogen (secondary N) is 2. The van der Waals surface area contributed by atoms with Crippen molar-refractivity contribution in [3.63, 3.8) is 0 Å². The lowest BCUT2D eigenvalue weighted by molar-refractivity contribution is -0.892. The molecule has 1 aliphatic rings. The zero-order valence-corrected chi connectivity index (χ0v) is 14.6. The maximum Gasteiger partial charge on any atom is 0.275 e. The van der Waals surface area contributed by atoms with Gasteiger partial charge in [-0.3, -0.25) is 4.79 Å². The van der Waals surface area contributed by atoms with Crippen molar-refractivity contribution in [3.8, 4) is 0 Å². The fraction of sp³-hybridized carbons (Fsp3) is 0.389. The average molecular weight is 349 g/mol. The molecule has 128 valence electrons. The van der Waals surface area contributed by atoms with E-state index in [-0.39, 0.29) is 11.9 Å². The first-order valence-electron chi connectivity index (χ1n) is 8.29. The highest BCUT2D eigenvalue weighted by Crippen LogP contribution is 2.24. The van der Waals surface area contributed by atoms with Crippen LogP contribution in [0.4, 0.5) is 5.69 Å². The highest BCUT2D eigenvalue weighted by Gasteiger charge is 2.24. The molecule has 1 aliphatic heterocycles. The van der Waals surface area contributed by atoms with Gasteiger partial charge in [-0.1, -0.05) is 23.7 Å². The van der Waals surface area contributed by atoms with Gasteiger partial charge in [0.2, 0.25) is 0 Å². The summed E-state index contributed by atoms with van der Waals surface area (Å²) in [5.74, 6) is 0.835. The number of anilines is 1. The number of benzene rings is 1. The number of nitrogens with zero attached hydrogens (tertiary/aromatic N) is 1. The van der Waals surface area contributed by atoms with Gasteiger partial charge in [0.25, 0.3) is 5.91 Å². The Balaban J connectivity index is 1.47. The first-order valence-corrected chi connectivity index (χ1v) is 8.67. The Hall–Kier alpha value is -1.98. The third-order valence-electron chi connectivity index (χ3n) is 4.42. The Morgan fingerprint density at radius 3 is 2.71 bits per heavy atom. The minimum Gasteiger partial charge on any atom is -0.467 e. The van der Waals surface area contributed by atoms with Crippen molar-refractivity contribution in [1.29, 1.82) is 0 Å². The summed E-state index contributed by atoms with van der Waals surface area (Å²) < 4.78 is 5.32. The molecule has 24 heavy (non-hydrogen) atoms. The van der Waals surface area contributed by atoms with Gasteiger partial charge in [-0.05, 0) is 31.2 Å². The van der Waals surface area contributed by atoms with Crippen LogP contribution in [0.3, 0.4) is 0 Å². The molecule has 0 bridgehead atoms. The Morgan fingerprint density at radius 1 is 1.29 bits per heavy atom. The zero-order chi connectivity index (χ0) is 16.9. The van der Waals surface area contributed by atoms with E-state index in [1.807, 2.05) is 43.3 Å². The van der Waals surface area contributed by atoms with E-state index in [1.54, 1.807) is 6.26 Å². The molecule has 0 spiro atoms. The molecule has 1 atom stereocenters. The highest BCUT2D eigenvalue weighted by atomic mass is 35.5. The van der Waals surface area contributed by atoms with Gasteiger partial charge in [-0.15, -0.1) is 0 Å². The quantitative estimate of drug-likeness (QED) is 0.861. The predicted molar refractivity (Wildman–Crippen MR) is 94.5 cm³/mol. The van der Waals surface area contributed by atoms with Crippen LogP contribution in [0.5, 0.6) is 0 Å². The van der Waals surface area contributed by atoms with Crippen LogP contribution in [0, 0.1) is 0 Å². The molecule has 2 aromatic rings. The second-order valence-electron chi connectivity index (χ2n) is 6.17. The maximum atomic E-state index is 12.2. The number of furan rings is 1. The molecule has 0 saturated carbocycles. The van der Waals surface area contributed by atoms with Crippen molar-refractivity contribution >= 4 is 23.2 Å². The summed E-state index contributed by atoms with van der Waals surface area (Å²) in [6.45, 7) is 6.07. The molecule has 3 rings (SSSR count). The number of carbonyl (C=O) groups is 1. The number of hydrogen-bond donors (Lipinski definition) is 2. The molecule has 1 amide bonds. The third-order valence-corrected chi connectivity index (χ3v) is 4.74. The van der Waals surface area contributed by atoms with Crippen LogP contribution in [-0.2, 0) is 4.79 Å². The first-order chi connectivity index (χ1) is 11.6. The van der Waals surface area contributed by atoms with Gasteiger partial charge in [0.15, 0.2) is 6.54 Å². The van der Waals surface area contributed by atoms with E-state index >= 15 is 0 Å². The molecule has 1 aromatic heterocycles. The topological polar surface area (TPSA) is 49.9 Å². The predicted octanol–water partition coefficient (Wildman–Crippen LogP) is 1.52. The van der Waals surface area contributed by atoms with Crippen LogP contribution in [-0.4, -0.2) is 38.6 Å². The van der Waals surface area contributed by atoms with Gasteiger partial charge < -0.3 is 19.5 Å². The second kappa shape index (κ2) is 7.73. The van der Waals surface area contributed by atoms with E-state index in [1.165, 1.54) is 4.90 Å². The van der Waals surface area contributed by atoms with Gasteiger partial charge in [-0.25, -0.2) is 0 Å². The SMILES string of the molecule is C[C@H](NC(=O)C[NH+]1CCN(c2ccccc2Cl)CC1)c1ccco1. The first kappa shape index (κ1) is 16.9. The van der Waals surface area contributed by atoms with E-state index < -0.39 is 0 Å². The van der Waals surface area contributed by atoms with E-state index in [9.17, 15) is 4.79 Å². The summed E-state index contributed by atoms with van der Waals surface area (Å²) in [4.78, 5) is 15.8. The van der Waals surface area contributed by atoms with Crippen molar-refractivity contribution in [3.05, 3.63) is 53.4 Å². The van der Waals surface area contributed by atoms with Gasteiger partial charge in [0.1, 0.15) is 5.76 Å². The van der Waals surface area contributed by atoms with Crippen LogP contribution < -0.4 is 15.1 Å². The molecule has 1 fully saturated rings. The van der Waals surface area contributed by atoms with Gasteiger partial charge in [-0.2, -0.15) is 0 Å². The smallest absolute Gasteiger partial charge is 0.275 e. The minimum absolute atomic E-state index is 0.0556. The lowest BCUT2D eigenvalue weighted by atomic mass is 10.2. The summed E-state index contributed by atoms with van der Waals surface area (Å²) in [5, 5.41) is 3.78. The Morgan fingerprint density at radius 2 is 2.04 bits per heavy atom. The fourth-order valence-electron chi connectivity index (χ4n) is 3.08. The number of hydrogen-bond acceptors (Lipinski definition) is 3. The Labute approximate surface area is 147 Å².